The summed E-state index contributed by atoms with van der Waals surface area (Å²) in [5.74, 6) is 0.227. The van der Waals surface area contributed by atoms with Crippen LogP contribution in [0.15, 0.2) is 29.2 Å². The quantitative estimate of drug-likeness (QED) is 0.875. The van der Waals surface area contributed by atoms with Crippen molar-refractivity contribution in [3.05, 3.63) is 52.1 Å². The summed E-state index contributed by atoms with van der Waals surface area (Å²) >= 11 is 0. The first-order chi connectivity index (χ1) is 12.7. The topological polar surface area (TPSA) is 60.9 Å². The molecule has 0 aliphatic carbocycles. The predicted molar refractivity (Wildman–Crippen MR) is 109 cm³/mol. The maximum Gasteiger partial charge on any atom is 0.243 e. The highest BCUT2D eigenvalue weighted by molar-refractivity contribution is 7.89. The molecule has 1 aliphatic rings. The number of benzene rings is 2. The first-order valence-corrected chi connectivity index (χ1v) is 10.7. The normalized spacial score (nSPS) is 16.0. The molecule has 1 saturated heterocycles. The summed E-state index contributed by atoms with van der Waals surface area (Å²) in [6, 6.07) is 7.18. The standard InChI is InChI=1S/C21H28N2O3S/c1-14-15(2)17(4)21(18(5)16(14)3)27(25,26)23-12-10-22(11-13-23)19-8-6-7-9-20(19)24/h6-9,24H,10-13H2,1-5H3. The van der Waals surface area contributed by atoms with Gasteiger partial charge in [-0.1, -0.05) is 12.1 Å². The lowest BCUT2D eigenvalue weighted by Gasteiger charge is -2.36. The Labute approximate surface area is 162 Å². The Morgan fingerprint density at radius 2 is 1.26 bits per heavy atom. The molecule has 146 valence electrons. The van der Waals surface area contributed by atoms with Crippen molar-refractivity contribution in [1.29, 1.82) is 0 Å². The summed E-state index contributed by atoms with van der Waals surface area (Å²) in [5, 5.41) is 10.1. The molecule has 1 aliphatic heterocycles. The van der Waals surface area contributed by atoms with Crippen LogP contribution in [0, 0.1) is 34.6 Å². The van der Waals surface area contributed by atoms with E-state index in [0.29, 0.717) is 31.1 Å². The minimum atomic E-state index is -3.56. The minimum absolute atomic E-state index is 0.227. The Balaban J connectivity index is 1.90. The second-order valence-corrected chi connectivity index (χ2v) is 9.21. The van der Waals surface area contributed by atoms with Gasteiger partial charge in [-0.2, -0.15) is 4.31 Å². The monoisotopic (exact) mass is 388 g/mol. The van der Waals surface area contributed by atoms with E-state index in [1.807, 2.05) is 51.7 Å². The summed E-state index contributed by atoms with van der Waals surface area (Å²) in [6.45, 7) is 11.8. The van der Waals surface area contributed by atoms with E-state index in [0.717, 1.165) is 33.5 Å². The van der Waals surface area contributed by atoms with Crippen LogP contribution in [0.3, 0.4) is 0 Å². The smallest absolute Gasteiger partial charge is 0.243 e. The fourth-order valence-corrected chi connectivity index (χ4v) is 5.86. The lowest BCUT2D eigenvalue weighted by Crippen LogP contribution is -2.49. The van der Waals surface area contributed by atoms with Gasteiger partial charge in [0.05, 0.1) is 10.6 Å². The van der Waals surface area contributed by atoms with Gasteiger partial charge in [0, 0.05) is 26.2 Å². The van der Waals surface area contributed by atoms with Crippen LogP contribution in [0.4, 0.5) is 5.69 Å². The Morgan fingerprint density at radius 1 is 0.778 bits per heavy atom. The van der Waals surface area contributed by atoms with Crippen molar-refractivity contribution in [1.82, 2.24) is 4.31 Å². The van der Waals surface area contributed by atoms with Gasteiger partial charge in [-0.3, -0.25) is 0 Å². The number of phenolic OH excluding ortho intramolecular Hbond substituents is 1. The van der Waals surface area contributed by atoms with E-state index in [4.69, 9.17) is 0 Å². The molecule has 2 aromatic carbocycles. The SMILES string of the molecule is Cc1c(C)c(C)c(S(=O)(=O)N2CCN(c3ccccc3O)CC2)c(C)c1C. The maximum atomic E-state index is 13.4. The van der Waals surface area contributed by atoms with E-state index in [1.54, 1.807) is 16.4 Å². The van der Waals surface area contributed by atoms with Crippen molar-refractivity contribution in [2.75, 3.05) is 31.1 Å². The van der Waals surface area contributed by atoms with Crippen LogP contribution in [0.5, 0.6) is 5.75 Å². The average molecular weight is 389 g/mol. The van der Waals surface area contributed by atoms with Crippen molar-refractivity contribution in [3.63, 3.8) is 0 Å². The van der Waals surface area contributed by atoms with Crippen molar-refractivity contribution >= 4 is 15.7 Å². The summed E-state index contributed by atoms with van der Waals surface area (Å²) < 4.78 is 28.4. The van der Waals surface area contributed by atoms with E-state index < -0.39 is 10.0 Å². The van der Waals surface area contributed by atoms with E-state index in [1.165, 1.54) is 0 Å². The maximum absolute atomic E-state index is 13.4. The van der Waals surface area contributed by atoms with Crippen molar-refractivity contribution in [2.24, 2.45) is 0 Å². The van der Waals surface area contributed by atoms with Gasteiger partial charge in [-0.15, -0.1) is 0 Å². The van der Waals surface area contributed by atoms with Gasteiger partial charge in [-0.25, -0.2) is 8.42 Å². The van der Waals surface area contributed by atoms with E-state index in [2.05, 4.69) is 0 Å². The lowest BCUT2D eigenvalue weighted by atomic mass is 9.95. The van der Waals surface area contributed by atoms with Crippen LogP contribution in [0.2, 0.25) is 0 Å². The fourth-order valence-electron chi connectivity index (χ4n) is 3.88. The van der Waals surface area contributed by atoms with E-state index >= 15 is 0 Å². The van der Waals surface area contributed by atoms with Crippen molar-refractivity contribution < 1.29 is 13.5 Å². The number of phenols is 1. The first kappa shape index (κ1) is 19.7. The zero-order chi connectivity index (χ0) is 19.9. The van der Waals surface area contributed by atoms with Crippen LogP contribution in [-0.2, 0) is 10.0 Å². The molecule has 1 heterocycles. The number of rotatable bonds is 3. The number of sulfonamides is 1. The lowest BCUT2D eigenvalue weighted by molar-refractivity contribution is 0.381. The Morgan fingerprint density at radius 3 is 1.78 bits per heavy atom. The first-order valence-electron chi connectivity index (χ1n) is 9.26. The largest absolute Gasteiger partial charge is 0.506 e. The highest BCUT2D eigenvalue weighted by Gasteiger charge is 2.32. The average Bonchev–Trinajstić information content (AvgIpc) is 2.65. The molecule has 2 aromatic rings. The molecule has 1 N–H and O–H groups in total. The number of hydrogen-bond donors (Lipinski definition) is 1. The predicted octanol–water partition coefficient (Wildman–Crippen LogP) is 3.45. The van der Waals surface area contributed by atoms with Gasteiger partial charge in [0.25, 0.3) is 0 Å². The third-order valence-corrected chi connectivity index (χ3v) is 8.16. The zero-order valence-electron chi connectivity index (χ0n) is 16.7. The molecular weight excluding hydrogens is 360 g/mol. The molecule has 6 heteroatoms. The van der Waals surface area contributed by atoms with Crippen LogP contribution in [-0.4, -0.2) is 44.0 Å². The van der Waals surface area contributed by atoms with Gasteiger partial charge >= 0.3 is 0 Å². The molecule has 0 radical (unpaired) electrons. The van der Waals surface area contributed by atoms with Gasteiger partial charge in [0.15, 0.2) is 0 Å². The van der Waals surface area contributed by atoms with Gasteiger partial charge in [0.2, 0.25) is 10.0 Å². The number of piperazine rings is 1. The second-order valence-electron chi connectivity index (χ2n) is 7.33. The molecule has 0 bridgehead atoms. The van der Waals surface area contributed by atoms with E-state index in [9.17, 15) is 13.5 Å². The number of para-hydroxylation sites is 2. The third kappa shape index (κ3) is 3.32. The molecule has 0 saturated carbocycles. The van der Waals surface area contributed by atoms with Crippen LogP contribution in [0.25, 0.3) is 0 Å². The molecule has 27 heavy (non-hydrogen) atoms. The summed E-state index contributed by atoms with van der Waals surface area (Å²) in [5.41, 5.74) is 5.70. The molecule has 1 fully saturated rings. The molecule has 0 aromatic heterocycles. The highest BCUT2D eigenvalue weighted by atomic mass is 32.2. The summed E-state index contributed by atoms with van der Waals surface area (Å²) in [4.78, 5) is 2.49. The Bertz CT molecular complexity index is 946. The van der Waals surface area contributed by atoms with Crippen molar-refractivity contribution in [2.45, 2.75) is 39.5 Å². The van der Waals surface area contributed by atoms with Crippen LogP contribution < -0.4 is 4.90 Å². The molecule has 0 spiro atoms. The number of hydrogen-bond acceptors (Lipinski definition) is 4. The van der Waals surface area contributed by atoms with Crippen LogP contribution >= 0.6 is 0 Å². The molecule has 0 unspecified atom stereocenters. The summed E-state index contributed by atoms with van der Waals surface area (Å²) in [7, 11) is -3.56. The summed E-state index contributed by atoms with van der Waals surface area (Å²) in [6.07, 6.45) is 0. The molecule has 0 amide bonds. The fraction of sp³-hybridized carbons (Fsp3) is 0.429. The molecule has 3 rings (SSSR count). The van der Waals surface area contributed by atoms with Gasteiger partial charge < -0.3 is 10.0 Å². The second kappa shape index (κ2) is 7.17. The number of nitrogens with zero attached hydrogens (tertiary/aromatic N) is 2. The van der Waals surface area contributed by atoms with Gasteiger partial charge in [0.1, 0.15) is 5.75 Å². The number of aromatic hydroxyl groups is 1. The molecule has 5 nitrogen and oxygen atoms in total. The third-order valence-electron chi connectivity index (χ3n) is 5.99. The van der Waals surface area contributed by atoms with Crippen molar-refractivity contribution in [3.8, 4) is 5.75 Å². The molecule has 0 atom stereocenters. The van der Waals surface area contributed by atoms with Crippen LogP contribution in [0.1, 0.15) is 27.8 Å². The van der Waals surface area contributed by atoms with Gasteiger partial charge in [-0.05, 0) is 74.6 Å². The van der Waals surface area contributed by atoms with E-state index in [-0.39, 0.29) is 5.75 Å². The highest BCUT2D eigenvalue weighted by Crippen LogP contribution is 2.33. The Hall–Kier alpha value is -2.05. The minimum Gasteiger partial charge on any atom is -0.506 e. The zero-order valence-corrected chi connectivity index (χ0v) is 17.5. The number of anilines is 1. The Kier molecular flexibility index (Phi) is 5.23. The molecular formula is C21H28N2O3S.